The number of carbonyl (C=O) groups is 1. The van der Waals surface area contributed by atoms with Crippen LogP contribution in [0.1, 0.15) is 20.8 Å². The molecule has 64 valence electrons. The van der Waals surface area contributed by atoms with Crippen LogP contribution in [0.2, 0.25) is 0 Å². The molecule has 0 aliphatic carbocycles. The molecule has 0 unspecified atom stereocenters. The molecular weight excluding hydrogens is 144 g/mol. The first-order valence-electron chi connectivity index (χ1n) is 3.92. The first kappa shape index (κ1) is 8.53. The first-order valence-corrected chi connectivity index (χ1v) is 3.92. The second-order valence-corrected chi connectivity index (χ2v) is 3.28. The van der Waals surface area contributed by atoms with Crippen molar-refractivity contribution in [3.63, 3.8) is 0 Å². The van der Waals surface area contributed by atoms with Crippen LogP contribution in [0, 0.1) is 11.8 Å². The van der Waals surface area contributed by atoms with Crippen molar-refractivity contribution in [2.75, 3.05) is 0 Å². The lowest BCUT2D eigenvalue weighted by molar-refractivity contribution is -0.175. The largest absolute Gasteiger partial charge is 0.462 e. The van der Waals surface area contributed by atoms with Crippen molar-refractivity contribution >= 4 is 5.97 Å². The molecular formula is C8H14O3. The van der Waals surface area contributed by atoms with Gasteiger partial charge in [-0.1, -0.05) is 6.92 Å². The highest BCUT2D eigenvalue weighted by Gasteiger charge is 2.37. The van der Waals surface area contributed by atoms with E-state index < -0.39 is 6.10 Å². The van der Waals surface area contributed by atoms with E-state index in [1.54, 1.807) is 13.8 Å². The van der Waals surface area contributed by atoms with Gasteiger partial charge in [-0.15, -0.1) is 0 Å². The molecule has 0 radical (unpaired) electrons. The number of cyclic esters (lactones) is 1. The molecule has 0 aromatic carbocycles. The number of hydrogen-bond acceptors (Lipinski definition) is 3. The van der Waals surface area contributed by atoms with Gasteiger partial charge in [-0.2, -0.15) is 0 Å². The maximum atomic E-state index is 11.0. The van der Waals surface area contributed by atoms with E-state index >= 15 is 0 Å². The molecule has 0 aromatic rings. The lowest BCUT2D eigenvalue weighted by Gasteiger charge is -2.34. The molecule has 1 rings (SSSR count). The molecule has 1 N–H and O–H groups in total. The zero-order valence-corrected chi connectivity index (χ0v) is 7.07. The van der Waals surface area contributed by atoms with Crippen molar-refractivity contribution in [1.82, 2.24) is 0 Å². The number of aliphatic hydroxyl groups is 1. The summed E-state index contributed by atoms with van der Waals surface area (Å²) in [6.07, 6.45) is -0.708. The lowest BCUT2D eigenvalue weighted by Crippen LogP contribution is -2.45. The topological polar surface area (TPSA) is 46.5 Å². The van der Waals surface area contributed by atoms with Gasteiger partial charge in [0.25, 0.3) is 0 Å². The van der Waals surface area contributed by atoms with Gasteiger partial charge in [0.1, 0.15) is 6.10 Å². The summed E-state index contributed by atoms with van der Waals surface area (Å²) in [5.74, 6) is -0.619. The highest BCUT2D eigenvalue weighted by molar-refractivity contribution is 5.73. The monoisotopic (exact) mass is 158 g/mol. The van der Waals surface area contributed by atoms with Crippen molar-refractivity contribution in [2.24, 2.45) is 11.8 Å². The Bertz CT molecular complexity index is 167. The Hall–Kier alpha value is -0.570. The van der Waals surface area contributed by atoms with Gasteiger partial charge in [0.15, 0.2) is 0 Å². The number of hydrogen-bond donors (Lipinski definition) is 1. The average molecular weight is 158 g/mol. The third kappa shape index (κ3) is 1.38. The first-order chi connectivity index (χ1) is 5.04. The SMILES string of the molecule is C[C@H]1[C@H](O)[C@H](C)C(=O)O[C@@H]1C. The summed E-state index contributed by atoms with van der Waals surface area (Å²) in [7, 11) is 0. The van der Waals surface area contributed by atoms with Crippen LogP contribution in [0.3, 0.4) is 0 Å². The Kier molecular flexibility index (Phi) is 2.18. The van der Waals surface area contributed by atoms with E-state index in [0.717, 1.165) is 0 Å². The minimum absolute atomic E-state index is 0.0442. The van der Waals surface area contributed by atoms with Crippen LogP contribution >= 0.6 is 0 Å². The fraction of sp³-hybridized carbons (Fsp3) is 0.875. The zero-order valence-electron chi connectivity index (χ0n) is 7.07. The molecule has 3 heteroatoms. The summed E-state index contributed by atoms with van der Waals surface area (Å²) in [6.45, 7) is 5.38. The van der Waals surface area contributed by atoms with Gasteiger partial charge in [0.2, 0.25) is 0 Å². The van der Waals surface area contributed by atoms with E-state index in [1.165, 1.54) is 0 Å². The van der Waals surface area contributed by atoms with E-state index in [4.69, 9.17) is 4.74 Å². The van der Waals surface area contributed by atoms with Crippen LogP contribution in [0.4, 0.5) is 0 Å². The number of carbonyl (C=O) groups excluding carboxylic acids is 1. The maximum absolute atomic E-state index is 11.0. The van der Waals surface area contributed by atoms with Crippen molar-refractivity contribution in [1.29, 1.82) is 0 Å². The standard InChI is InChI=1S/C8H14O3/c1-4-6(3)11-8(10)5(2)7(4)9/h4-7,9H,1-3H3/t4-,5+,6-,7+/m1/s1. The molecule has 11 heavy (non-hydrogen) atoms. The molecule has 0 amide bonds. The van der Waals surface area contributed by atoms with Crippen LogP contribution in [-0.4, -0.2) is 23.3 Å². The minimum Gasteiger partial charge on any atom is -0.462 e. The predicted molar refractivity (Wildman–Crippen MR) is 39.9 cm³/mol. The highest BCUT2D eigenvalue weighted by atomic mass is 16.5. The maximum Gasteiger partial charge on any atom is 0.311 e. The predicted octanol–water partition coefficient (Wildman–Crippen LogP) is 0.565. The summed E-state index contributed by atoms with van der Waals surface area (Å²) < 4.78 is 4.98. The van der Waals surface area contributed by atoms with E-state index in [-0.39, 0.29) is 23.9 Å². The Morgan fingerprint density at radius 1 is 1.36 bits per heavy atom. The van der Waals surface area contributed by atoms with Crippen LogP contribution < -0.4 is 0 Å². The molecule has 0 spiro atoms. The summed E-state index contributed by atoms with van der Waals surface area (Å²) in [5.41, 5.74) is 0. The summed E-state index contributed by atoms with van der Waals surface area (Å²) in [5, 5.41) is 9.49. The molecule has 1 aliphatic rings. The van der Waals surface area contributed by atoms with Gasteiger partial charge in [-0.3, -0.25) is 4.79 Å². The summed E-state index contributed by atoms with van der Waals surface area (Å²) in [4.78, 5) is 11.0. The number of aliphatic hydroxyl groups excluding tert-OH is 1. The third-order valence-electron chi connectivity index (χ3n) is 2.47. The molecule has 1 aliphatic heterocycles. The molecule has 1 saturated heterocycles. The molecule has 3 nitrogen and oxygen atoms in total. The number of rotatable bonds is 0. The Labute approximate surface area is 66.4 Å². The molecule has 4 atom stereocenters. The fourth-order valence-electron chi connectivity index (χ4n) is 1.27. The normalized spacial score (nSPS) is 45.3. The van der Waals surface area contributed by atoms with E-state index in [0.29, 0.717) is 0 Å². The van der Waals surface area contributed by atoms with Crippen molar-refractivity contribution in [3.8, 4) is 0 Å². The number of esters is 1. The highest BCUT2D eigenvalue weighted by Crippen LogP contribution is 2.25. The van der Waals surface area contributed by atoms with Crippen molar-refractivity contribution < 1.29 is 14.6 Å². The molecule has 1 heterocycles. The Balaban J connectivity index is 2.70. The number of ether oxygens (including phenoxy) is 1. The van der Waals surface area contributed by atoms with Crippen molar-refractivity contribution in [2.45, 2.75) is 33.0 Å². The average Bonchev–Trinajstić information content (AvgIpc) is 1.97. The van der Waals surface area contributed by atoms with Gasteiger partial charge >= 0.3 is 5.97 Å². The Morgan fingerprint density at radius 3 is 2.45 bits per heavy atom. The molecule has 0 saturated carbocycles. The fourth-order valence-corrected chi connectivity index (χ4v) is 1.27. The van der Waals surface area contributed by atoms with Crippen LogP contribution in [-0.2, 0) is 9.53 Å². The van der Waals surface area contributed by atoms with E-state index in [9.17, 15) is 9.90 Å². The quantitative estimate of drug-likeness (QED) is 0.524. The lowest BCUT2D eigenvalue weighted by atomic mass is 9.87. The van der Waals surface area contributed by atoms with Gasteiger partial charge in [-0.05, 0) is 13.8 Å². The van der Waals surface area contributed by atoms with Crippen LogP contribution in [0.25, 0.3) is 0 Å². The third-order valence-corrected chi connectivity index (χ3v) is 2.47. The van der Waals surface area contributed by atoms with E-state index in [2.05, 4.69) is 0 Å². The van der Waals surface area contributed by atoms with Gasteiger partial charge < -0.3 is 9.84 Å². The van der Waals surface area contributed by atoms with Crippen LogP contribution in [0.15, 0.2) is 0 Å². The van der Waals surface area contributed by atoms with Crippen LogP contribution in [0.5, 0.6) is 0 Å². The Morgan fingerprint density at radius 2 is 1.91 bits per heavy atom. The van der Waals surface area contributed by atoms with Gasteiger partial charge in [0, 0.05) is 5.92 Å². The van der Waals surface area contributed by atoms with Crippen molar-refractivity contribution in [3.05, 3.63) is 0 Å². The van der Waals surface area contributed by atoms with Gasteiger partial charge in [-0.25, -0.2) is 0 Å². The summed E-state index contributed by atoms with van der Waals surface area (Å²) in [6, 6.07) is 0. The molecule has 1 fully saturated rings. The second kappa shape index (κ2) is 2.81. The van der Waals surface area contributed by atoms with Gasteiger partial charge in [0.05, 0.1) is 12.0 Å². The second-order valence-electron chi connectivity index (χ2n) is 3.28. The summed E-state index contributed by atoms with van der Waals surface area (Å²) >= 11 is 0. The zero-order chi connectivity index (χ0) is 8.59. The van der Waals surface area contributed by atoms with E-state index in [1.807, 2.05) is 6.92 Å². The molecule has 0 aromatic heterocycles. The smallest absolute Gasteiger partial charge is 0.311 e. The molecule has 0 bridgehead atoms. The minimum atomic E-state index is -0.550.